The molecule has 20 heavy (non-hydrogen) atoms. The number of ether oxygens (including phenoxy) is 3. The van der Waals surface area contributed by atoms with Crippen LogP contribution in [0.25, 0.3) is 0 Å². The van der Waals surface area contributed by atoms with Gasteiger partial charge in [0.05, 0.1) is 25.9 Å². The summed E-state index contributed by atoms with van der Waals surface area (Å²) in [6, 6.07) is 7.55. The predicted octanol–water partition coefficient (Wildman–Crippen LogP) is 1.19. The van der Waals surface area contributed by atoms with Gasteiger partial charge in [0.2, 0.25) is 0 Å². The Kier molecular flexibility index (Phi) is 6.75. The van der Waals surface area contributed by atoms with Crippen LogP contribution < -0.4 is 10.1 Å². The Morgan fingerprint density at radius 3 is 3.10 bits per heavy atom. The second-order valence-corrected chi connectivity index (χ2v) is 5.56. The molecule has 0 bridgehead atoms. The Morgan fingerprint density at radius 1 is 1.45 bits per heavy atom. The highest BCUT2D eigenvalue weighted by molar-refractivity contribution is 9.10. The number of halogens is 1. The monoisotopic (exact) mass is 345 g/mol. The second-order valence-electron chi connectivity index (χ2n) is 4.65. The third-order valence-electron chi connectivity index (χ3n) is 2.88. The topological polar surface area (TPSA) is 60.0 Å². The third kappa shape index (κ3) is 5.76. The van der Waals surface area contributed by atoms with E-state index in [0.29, 0.717) is 32.9 Å². The highest BCUT2D eigenvalue weighted by Gasteiger charge is 2.14. The van der Waals surface area contributed by atoms with Crippen LogP contribution in [0, 0.1) is 0 Å². The molecule has 2 rings (SSSR count). The Morgan fingerprint density at radius 2 is 2.35 bits per heavy atom. The number of hydrogen-bond donors (Lipinski definition) is 2. The van der Waals surface area contributed by atoms with Gasteiger partial charge in [-0.1, -0.05) is 22.0 Å². The Bertz CT molecular complexity index is 399. The molecule has 0 saturated carbocycles. The molecule has 2 atom stereocenters. The van der Waals surface area contributed by atoms with Gasteiger partial charge in [-0.2, -0.15) is 0 Å². The summed E-state index contributed by atoms with van der Waals surface area (Å²) in [7, 11) is 0. The average Bonchev–Trinajstić information content (AvgIpc) is 2.46. The van der Waals surface area contributed by atoms with E-state index in [1.807, 2.05) is 24.3 Å². The molecule has 1 aromatic carbocycles. The molecule has 1 saturated heterocycles. The summed E-state index contributed by atoms with van der Waals surface area (Å²) in [5.74, 6) is 0.738. The van der Waals surface area contributed by atoms with Gasteiger partial charge in [-0.15, -0.1) is 0 Å². The van der Waals surface area contributed by atoms with Gasteiger partial charge in [0, 0.05) is 17.6 Å². The molecule has 0 aliphatic carbocycles. The maximum Gasteiger partial charge on any atom is 0.120 e. The van der Waals surface area contributed by atoms with Crippen molar-refractivity contribution in [1.82, 2.24) is 5.32 Å². The van der Waals surface area contributed by atoms with E-state index in [2.05, 4.69) is 21.2 Å². The fourth-order valence-corrected chi connectivity index (χ4v) is 2.25. The summed E-state index contributed by atoms with van der Waals surface area (Å²) >= 11 is 3.37. The molecular formula is C14H20BrNO4. The highest BCUT2D eigenvalue weighted by Crippen LogP contribution is 2.17. The van der Waals surface area contributed by atoms with E-state index in [-0.39, 0.29) is 12.7 Å². The van der Waals surface area contributed by atoms with Crippen LogP contribution in [0.2, 0.25) is 0 Å². The van der Waals surface area contributed by atoms with Gasteiger partial charge in [0.15, 0.2) is 0 Å². The van der Waals surface area contributed by atoms with Crippen molar-refractivity contribution >= 4 is 15.9 Å². The Hall–Kier alpha value is -0.660. The minimum Gasteiger partial charge on any atom is -0.491 e. The van der Waals surface area contributed by atoms with Crippen molar-refractivity contribution in [3.05, 3.63) is 28.7 Å². The first-order chi connectivity index (χ1) is 9.74. The lowest BCUT2D eigenvalue weighted by molar-refractivity contribution is -0.0869. The van der Waals surface area contributed by atoms with E-state index in [1.54, 1.807) is 0 Å². The molecule has 2 unspecified atom stereocenters. The van der Waals surface area contributed by atoms with Crippen LogP contribution in [-0.2, 0) is 9.47 Å². The van der Waals surface area contributed by atoms with Gasteiger partial charge >= 0.3 is 0 Å². The predicted molar refractivity (Wildman–Crippen MR) is 79.1 cm³/mol. The van der Waals surface area contributed by atoms with Crippen LogP contribution >= 0.6 is 15.9 Å². The zero-order valence-corrected chi connectivity index (χ0v) is 12.8. The lowest BCUT2D eigenvalue weighted by Gasteiger charge is -2.23. The molecule has 0 spiro atoms. The lowest BCUT2D eigenvalue weighted by atomic mass is 10.3. The number of benzene rings is 1. The smallest absolute Gasteiger partial charge is 0.120 e. The summed E-state index contributed by atoms with van der Waals surface area (Å²) in [5, 5.41) is 13.0. The minimum absolute atomic E-state index is 0.0712. The van der Waals surface area contributed by atoms with Crippen molar-refractivity contribution in [3.63, 3.8) is 0 Å². The van der Waals surface area contributed by atoms with Crippen molar-refractivity contribution in [2.75, 3.05) is 39.5 Å². The van der Waals surface area contributed by atoms with E-state index in [0.717, 1.165) is 10.2 Å². The minimum atomic E-state index is -0.557. The molecule has 0 radical (unpaired) electrons. The molecule has 0 amide bonds. The quantitative estimate of drug-likeness (QED) is 0.777. The van der Waals surface area contributed by atoms with E-state index in [9.17, 15) is 5.11 Å². The molecule has 5 nitrogen and oxygen atoms in total. The van der Waals surface area contributed by atoms with Crippen LogP contribution in [0.5, 0.6) is 5.75 Å². The van der Waals surface area contributed by atoms with Crippen molar-refractivity contribution in [1.29, 1.82) is 0 Å². The van der Waals surface area contributed by atoms with E-state index in [4.69, 9.17) is 14.2 Å². The zero-order valence-electron chi connectivity index (χ0n) is 11.3. The number of aliphatic hydroxyl groups excluding tert-OH is 1. The fraction of sp³-hybridized carbons (Fsp3) is 0.571. The van der Waals surface area contributed by atoms with Gasteiger partial charge in [-0.25, -0.2) is 0 Å². The van der Waals surface area contributed by atoms with Crippen LogP contribution in [0.3, 0.4) is 0 Å². The van der Waals surface area contributed by atoms with Gasteiger partial charge in [0.25, 0.3) is 0 Å². The summed E-state index contributed by atoms with van der Waals surface area (Å²) in [6.45, 7) is 3.31. The Labute approximate surface area is 127 Å². The summed E-state index contributed by atoms with van der Waals surface area (Å²) < 4.78 is 17.3. The van der Waals surface area contributed by atoms with Crippen molar-refractivity contribution in [2.45, 2.75) is 12.2 Å². The number of hydrogen-bond acceptors (Lipinski definition) is 5. The van der Waals surface area contributed by atoms with Gasteiger partial charge in [0.1, 0.15) is 18.5 Å². The molecule has 1 fully saturated rings. The van der Waals surface area contributed by atoms with Crippen LogP contribution in [0.1, 0.15) is 0 Å². The number of nitrogens with one attached hydrogen (secondary N) is 1. The highest BCUT2D eigenvalue weighted by atomic mass is 79.9. The van der Waals surface area contributed by atoms with Gasteiger partial charge < -0.3 is 24.6 Å². The fourth-order valence-electron chi connectivity index (χ4n) is 1.87. The second kappa shape index (κ2) is 8.59. The maximum absolute atomic E-state index is 9.84. The molecule has 2 N–H and O–H groups in total. The molecule has 1 heterocycles. The van der Waals surface area contributed by atoms with Gasteiger partial charge in [-0.3, -0.25) is 0 Å². The standard InChI is InChI=1S/C14H20BrNO4/c15-11-2-1-3-13(6-11)20-9-12(17)7-16-8-14-10-18-4-5-19-14/h1-3,6,12,14,16-17H,4-5,7-10H2. The molecule has 1 aliphatic rings. The first kappa shape index (κ1) is 15.7. The van der Waals surface area contributed by atoms with Gasteiger partial charge in [-0.05, 0) is 18.2 Å². The summed E-state index contributed by atoms with van der Waals surface area (Å²) in [5.41, 5.74) is 0. The molecule has 1 aliphatic heterocycles. The molecular weight excluding hydrogens is 326 g/mol. The normalized spacial score (nSPS) is 20.6. The first-order valence-corrected chi connectivity index (χ1v) is 7.50. The zero-order chi connectivity index (χ0) is 14.2. The SMILES string of the molecule is OC(CNCC1COCCO1)COc1cccc(Br)c1. The third-order valence-corrected chi connectivity index (χ3v) is 3.37. The number of aliphatic hydroxyl groups is 1. The molecule has 0 aromatic heterocycles. The van der Waals surface area contributed by atoms with Crippen molar-refractivity contribution in [2.24, 2.45) is 0 Å². The van der Waals surface area contributed by atoms with E-state index < -0.39 is 6.10 Å². The number of rotatable bonds is 7. The molecule has 112 valence electrons. The van der Waals surface area contributed by atoms with Crippen molar-refractivity contribution < 1.29 is 19.3 Å². The van der Waals surface area contributed by atoms with Crippen molar-refractivity contribution in [3.8, 4) is 5.75 Å². The van der Waals surface area contributed by atoms with Crippen LogP contribution in [-0.4, -0.2) is 56.8 Å². The van der Waals surface area contributed by atoms with Crippen LogP contribution in [0.4, 0.5) is 0 Å². The molecule has 6 heteroatoms. The van der Waals surface area contributed by atoms with E-state index in [1.165, 1.54) is 0 Å². The molecule has 1 aromatic rings. The summed E-state index contributed by atoms with van der Waals surface area (Å²) in [4.78, 5) is 0. The largest absolute Gasteiger partial charge is 0.491 e. The average molecular weight is 346 g/mol. The van der Waals surface area contributed by atoms with E-state index >= 15 is 0 Å². The lowest BCUT2D eigenvalue weighted by Crippen LogP contribution is -2.41. The first-order valence-electron chi connectivity index (χ1n) is 6.70. The maximum atomic E-state index is 9.84. The Balaban J connectivity index is 1.59. The summed E-state index contributed by atoms with van der Waals surface area (Å²) in [6.07, 6.45) is -0.486. The van der Waals surface area contributed by atoms with Crippen LogP contribution in [0.15, 0.2) is 28.7 Å².